The van der Waals surface area contributed by atoms with Crippen LogP contribution in [0, 0.1) is 11.8 Å². The highest BCUT2D eigenvalue weighted by Gasteiger charge is 2.46. The van der Waals surface area contributed by atoms with Gasteiger partial charge in [-0.2, -0.15) is 0 Å². The van der Waals surface area contributed by atoms with Gasteiger partial charge in [-0.3, -0.25) is 4.79 Å². The van der Waals surface area contributed by atoms with Gasteiger partial charge in [-0.1, -0.05) is 44.4 Å². The number of unbranched alkanes of at least 4 members (excludes halogenated alkanes) is 3. The summed E-state index contributed by atoms with van der Waals surface area (Å²) in [6.45, 7) is 6.10. The highest BCUT2D eigenvalue weighted by Crippen LogP contribution is 2.51. The molecule has 0 aromatic rings. The van der Waals surface area contributed by atoms with Crippen molar-refractivity contribution < 1.29 is 4.79 Å². The summed E-state index contributed by atoms with van der Waals surface area (Å²) in [6, 6.07) is 0. The Labute approximate surface area is 98.6 Å². The van der Waals surface area contributed by atoms with E-state index in [9.17, 15) is 4.79 Å². The van der Waals surface area contributed by atoms with Crippen LogP contribution in [0.2, 0.25) is 0 Å². The molecule has 0 aromatic carbocycles. The topological polar surface area (TPSA) is 17.1 Å². The Kier molecular flexibility index (Phi) is 3.63. The first-order chi connectivity index (χ1) is 7.79. The minimum Gasteiger partial charge on any atom is -0.299 e. The lowest BCUT2D eigenvalue weighted by molar-refractivity contribution is -0.120. The van der Waals surface area contributed by atoms with Gasteiger partial charge in [-0.15, -0.1) is 0 Å². The van der Waals surface area contributed by atoms with Crippen LogP contribution in [-0.4, -0.2) is 5.78 Å². The molecule has 0 amide bonds. The zero-order chi connectivity index (χ0) is 11.5. The van der Waals surface area contributed by atoms with Crippen LogP contribution in [0.4, 0.5) is 0 Å². The Morgan fingerprint density at radius 3 is 2.88 bits per heavy atom. The average Bonchev–Trinajstić information content (AvgIpc) is 2.57. The van der Waals surface area contributed by atoms with Gasteiger partial charge in [0.2, 0.25) is 0 Å². The summed E-state index contributed by atoms with van der Waals surface area (Å²) >= 11 is 0. The first-order valence-corrected chi connectivity index (χ1v) is 6.67. The molecular formula is C15H22O. The summed E-state index contributed by atoms with van der Waals surface area (Å²) in [6.07, 6.45) is 10.3. The molecule has 0 heterocycles. The monoisotopic (exact) mass is 218 g/mol. The number of ketones is 1. The molecule has 0 aromatic heterocycles. The zero-order valence-corrected chi connectivity index (χ0v) is 10.3. The lowest BCUT2D eigenvalue weighted by Crippen LogP contribution is -2.29. The van der Waals surface area contributed by atoms with E-state index >= 15 is 0 Å². The van der Waals surface area contributed by atoms with Gasteiger partial charge in [0.05, 0.1) is 0 Å². The standard InChI is InChI=1S/C15H22O/c1-3-5-6-7-8-12-11(4-2)15-13(12)9-10-14(15)16/h4,13,15H,2-3,5-10H2,1H3/t13-,15+/m0/s1. The molecule has 88 valence electrons. The van der Waals surface area contributed by atoms with Crippen LogP contribution in [0.25, 0.3) is 0 Å². The van der Waals surface area contributed by atoms with E-state index in [-0.39, 0.29) is 5.92 Å². The Bertz CT molecular complexity index is 324. The summed E-state index contributed by atoms with van der Waals surface area (Å²) in [5, 5.41) is 0. The summed E-state index contributed by atoms with van der Waals surface area (Å²) in [5.74, 6) is 1.30. The van der Waals surface area contributed by atoms with Crippen LogP contribution < -0.4 is 0 Å². The maximum absolute atomic E-state index is 11.6. The van der Waals surface area contributed by atoms with Crippen molar-refractivity contribution in [3.8, 4) is 0 Å². The zero-order valence-electron chi connectivity index (χ0n) is 10.3. The smallest absolute Gasteiger partial charge is 0.140 e. The minimum absolute atomic E-state index is 0.249. The van der Waals surface area contributed by atoms with Crippen LogP contribution in [0.1, 0.15) is 51.9 Å². The lowest BCUT2D eigenvalue weighted by atomic mass is 9.68. The van der Waals surface area contributed by atoms with Gasteiger partial charge in [0.15, 0.2) is 0 Å². The Morgan fingerprint density at radius 2 is 2.19 bits per heavy atom. The van der Waals surface area contributed by atoms with Crippen LogP contribution in [0.15, 0.2) is 23.8 Å². The molecule has 2 aliphatic rings. The molecule has 0 unspecified atom stereocenters. The van der Waals surface area contributed by atoms with Gasteiger partial charge in [-0.05, 0) is 30.8 Å². The van der Waals surface area contributed by atoms with Crippen LogP contribution in [0.3, 0.4) is 0 Å². The van der Waals surface area contributed by atoms with E-state index in [2.05, 4.69) is 13.5 Å². The molecule has 2 aliphatic carbocycles. The second-order valence-corrected chi connectivity index (χ2v) is 5.08. The van der Waals surface area contributed by atoms with E-state index in [4.69, 9.17) is 0 Å². The molecule has 0 aliphatic heterocycles. The molecule has 0 N–H and O–H groups in total. The van der Waals surface area contributed by atoms with Gasteiger partial charge in [0.1, 0.15) is 5.78 Å². The molecule has 2 rings (SSSR count). The molecule has 0 radical (unpaired) electrons. The molecule has 16 heavy (non-hydrogen) atoms. The van der Waals surface area contributed by atoms with Crippen LogP contribution >= 0.6 is 0 Å². The number of hydrogen-bond donors (Lipinski definition) is 0. The van der Waals surface area contributed by atoms with Crippen molar-refractivity contribution in [1.29, 1.82) is 0 Å². The van der Waals surface area contributed by atoms with Gasteiger partial charge in [0.25, 0.3) is 0 Å². The van der Waals surface area contributed by atoms with E-state index < -0.39 is 0 Å². The van der Waals surface area contributed by atoms with E-state index in [1.165, 1.54) is 37.7 Å². The third-order valence-corrected chi connectivity index (χ3v) is 4.12. The fraction of sp³-hybridized carbons (Fsp3) is 0.667. The van der Waals surface area contributed by atoms with E-state index in [1.54, 1.807) is 5.57 Å². The third kappa shape index (κ3) is 1.88. The summed E-state index contributed by atoms with van der Waals surface area (Å²) in [5.41, 5.74) is 2.84. The maximum atomic E-state index is 11.6. The first-order valence-electron chi connectivity index (χ1n) is 6.67. The number of hydrogen-bond acceptors (Lipinski definition) is 1. The molecular weight excluding hydrogens is 196 g/mol. The van der Waals surface area contributed by atoms with Crippen molar-refractivity contribution >= 4 is 5.78 Å². The van der Waals surface area contributed by atoms with Crippen molar-refractivity contribution in [2.75, 3.05) is 0 Å². The summed E-state index contributed by atoms with van der Waals surface area (Å²) in [7, 11) is 0. The Balaban J connectivity index is 1.93. The molecule has 2 atom stereocenters. The van der Waals surface area contributed by atoms with Crippen molar-refractivity contribution in [1.82, 2.24) is 0 Å². The van der Waals surface area contributed by atoms with Crippen molar-refractivity contribution in [2.45, 2.75) is 51.9 Å². The SMILES string of the molecule is C=CC1=C(CCCCCC)[C@@H]2CCC(=O)[C@H]12. The predicted octanol–water partition coefficient (Wildman–Crippen LogP) is 4.05. The fourth-order valence-corrected chi connectivity index (χ4v) is 3.26. The number of Topliss-reactive ketones (excluding diaryl/α,β-unsaturated/α-hetero) is 1. The summed E-state index contributed by atoms with van der Waals surface area (Å²) in [4.78, 5) is 11.6. The first kappa shape index (κ1) is 11.6. The lowest BCUT2D eigenvalue weighted by Gasteiger charge is -2.35. The van der Waals surface area contributed by atoms with E-state index in [0.29, 0.717) is 11.7 Å². The number of carbonyl (C=O) groups is 1. The van der Waals surface area contributed by atoms with E-state index in [1.807, 2.05) is 6.08 Å². The van der Waals surface area contributed by atoms with Gasteiger partial charge in [0, 0.05) is 12.3 Å². The molecule has 1 nitrogen and oxygen atoms in total. The van der Waals surface area contributed by atoms with Crippen molar-refractivity contribution in [3.05, 3.63) is 23.8 Å². The van der Waals surface area contributed by atoms with Crippen molar-refractivity contribution in [2.24, 2.45) is 11.8 Å². The minimum atomic E-state index is 0.249. The second-order valence-electron chi connectivity index (χ2n) is 5.08. The van der Waals surface area contributed by atoms with Gasteiger partial charge < -0.3 is 0 Å². The third-order valence-electron chi connectivity index (χ3n) is 4.12. The highest BCUT2D eigenvalue weighted by molar-refractivity contribution is 5.90. The molecule has 0 spiro atoms. The number of fused-ring (bicyclic) bond motifs is 1. The molecule has 0 bridgehead atoms. The van der Waals surface area contributed by atoms with Crippen LogP contribution in [-0.2, 0) is 4.79 Å². The predicted molar refractivity (Wildman–Crippen MR) is 67.2 cm³/mol. The van der Waals surface area contributed by atoms with Crippen LogP contribution in [0.5, 0.6) is 0 Å². The number of carbonyl (C=O) groups excluding carboxylic acids is 1. The molecule has 1 saturated carbocycles. The fourth-order valence-electron chi connectivity index (χ4n) is 3.26. The largest absolute Gasteiger partial charge is 0.299 e. The maximum Gasteiger partial charge on any atom is 0.140 e. The highest BCUT2D eigenvalue weighted by atomic mass is 16.1. The van der Waals surface area contributed by atoms with E-state index in [0.717, 1.165) is 12.8 Å². The average molecular weight is 218 g/mol. The Morgan fingerprint density at radius 1 is 1.38 bits per heavy atom. The summed E-state index contributed by atoms with van der Waals surface area (Å²) < 4.78 is 0. The molecule has 0 saturated heterocycles. The molecule has 1 fully saturated rings. The Hall–Kier alpha value is -0.850. The number of allylic oxidation sites excluding steroid dienone is 3. The number of rotatable bonds is 6. The van der Waals surface area contributed by atoms with Gasteiger partial charge in [-0.25, -0.2) is 0 Å². The molecule has 1 heteroatoms. The second kappa shape index (κ2) is 4.99. The normalized spacial score (nSPS) is 27.9. The van der Waals surface area contributed by atoms with Gasteiger partial charge >= 0.3 is 0 Å². The quantitative estimate of drug-likeness (QED) is 0.615. The van der Waals surface area contributed by atoms with Crippen molar-refractivity contribution in [3.63, 3.8) is 0 Å².